The van der Waals surface area contributed by atoms with Crippen LogP contribution < -0.4 is 14.9 Å². The highest BCUT2D eigenvalue weighted by Gasteiger charge is 2.23. The van der Waals surface area contributed by atoms with Gasteiger partial charge in [0, 0.05) is 5.46 Å². The van der Waals surface area contributed by atoms with Crippen LogP contribution in [0.3, 0.4) is 0 Å². The molecular weight excluding hydrogens is 185 g/mol. The zero-order valence-electron chi connectivity index (χ0n) is 7.93. The van der Waals surface area contributed by atoms with Crippen molar-refractivity contribution in [2.75, 3.05) is 14.2 Å². The van der Waals surface area contributed by atoms with Gasteiger partial charge < -0.3 is 14.5 Å². The minimum atomic E-state index is -1.43. The van der Waals surface area contributed by atoms with E-state index >= 15 is 0 Å². The van der Waals surface area contributed by atoms with Crippen molar-refractivity contribution in [3.8, 4) is 11.5 Å². The Hall–Kier alpha value is -1.56. The van der Waals surface area contributed by atoms with E-state index in [2.05, 4.69) is 5.09 Å². The first-order chi connectivity index (χ1) is 6.74. The Bertz CT molecular complexity index is 331. The molecule has 0 bridgehead atoms. The van der Waals surface area contributed by atoms with Gasteiger partial charge in [-0.25, -0.2) is 0 Å². The van der Waals surface area contributed by atoms with Crippen molar-refractivity contribution in [3.63, 3.8) is 0 Å². The van der Waals surface area contributed by atoms with Crippen molar-refractivity contribution in [2.24, 2.45) is 5.09 Å². The minimum Gasteiger partial charge on any atom is -0.493 e. The van der Waals surface area contributed by atoms with Crippen LogP contribution >= 0.6 is 0 Å². The molecule has 0 atom stereocenters. The molecule has 0 unspecified atom stereocenters. The van der Waals surface area contributed by atoms with E-state index in [9.17, 15) is 9.93 Å². The average Bonchev–Trinajstić information content (AvgIpc) is 2.26. The summed E-state index contributed by atoms with van der Waals surface area (Å²) in [5.74, 6) is 0.773. The summed E-state index contributed by atoms with van der Waals surface area (Å²) in [4.78, 5) is 10.2. The van der Waals surface area contributed by atoms with Gasteiger partial charge in [-0.05, 0) is 6.07 Å². The molecule has 0 radical (unpaired) electrons. The third-order valence-electron chi connectivity index (χ3n) is 1.81. The Morgan fingerprint density at radius 3 is 2.57 bits per heavy atom. The summed E-state index contributed by atoms with van der Waals surface area (Å²) >= 11 is 0. The summed E-state index contributed by atoms with van der Waals surface area (Å²) in [7, 11) is 1.47. The second-order valence-electron chi connectivity index (χ2n) is 2.56. The maximum absolute atomic E-state index is 10.2. The van der Waals surface area contributed by atoms with Gasteiger partial charge in [-0.2, -0.15) is 4.91 Å². The van der Waals surface area contributed by atoms with E-state index in [0.717, 1.165) is 0 Å². The van der Waals surface area contributed by atoms with Crippen LogP contribution in [0.2, 0.25) is 0 Å². The van der Waals surface area contributed by atoms with Gasteiger partial charge in [0.05, 0.1) is 14.2 Å². The molecular formula is C8H10BNO4. The number of ether oxygens (including phenoxy) is 2. The van der Waals surface area contributed by atoms with Gasteiger partial charge in [-0.3, -0.25) is 0 Å². The van der Waals surface area contributed by atoms with Gasteiger partial charge in [-0.15, -0.1) is 0 Å². The average molecular weight is 195 g/mol. The predicted molar refractivity (Wildman–Crippen MR) is 52.9 cm³/mol. The van der Waals surface area contributed by atoms with Crippen molar-refractivity contribution in [2.45, 2.75) is 0 Å². The first-order valence-electron chi connectivity index (χ1n) is 3.96. The Kier molecular flexibility index (Phi) is 3.47. The van der Waals surface area contributed by atoms with Crippen LogP contribution in [-0.4, -0.2) is 26.3 Å². The third-order valence-corrected chi connectivity index (χ3v) is 1.81. The SMILES string of the molecule is COc1cccc(B(O)N=O)c1OC. The molecule has 6 heteroatoms. The summed E-state index contributed by atoms with van der Waals surface area (Å²) in [5.41, 5.74) is 0.293. The highest BCUT2D eigenvalue weighted by Crippen LogP contribution is 2.23. The molecule has 0 amide bonds. The molecule has 1 aromatic rings. The zero-order valence-corrected chi connectivity index (χ0v) is 7.93. The van der Waals surface area contributed by atoms with Crippen molar-refractivity contribution in [1.29, 1.82) is 0 Å². The third kappa shape index (κ3) is 1.85. The Balaban J connectivity index is 3.21. The fourth-order valence-electron chi connectivity index (χ4n) is 1.17. The maximum atomic E-state index is 10.2. The van der Waals surface area contributed by atoms with Crippen LogP contribution in [0.4, 0.5) is 0 Å². The molecule has 0 saturated carbocycles. The second kappa shape index (κ2) is 4.62. The summed E-state index contributed by atoms with van der Waals surface area (Å²) in [6.07, 6.45) is 0. The van der Waals surface area contributed by atoms with Gasteiger partial charge in [0.25, 0.3) is 0 Å². The molecule has 14 heavy (non-hydrogen) atoms. The van der Waals surface area contributed by atoms with Crippen molar-refractivity contribution < 1.29 is 14.5 Å². The molecule has 0 saturated heterocycles. The van der Waals surface area contributed by atoms with Gasteiger partial charge in [-0.1, -0.05) is 17.2 Å². The number of nitroso groups, excluding NO2 is 1. The van der Waals surface area contributed by atoms with Crippen LogP contribution in [0.15, 0.2) is 23.3 Å². The molecule has 5 nitrogen and oxygen atoms in total. The highest BCUT2D eigenvalue weighted by atomic mass is 16.5. The van der Waals surface area contributed by atoms with E-state index < -0.39 is 7.05 Å². The molecule has 1 N–H and O–H groups in total. The first-order valence-corrected chi connectivity index (χ1v) is 3.96. The molecule has 1 aromatic carbocycles. The Morgan fingerprint density at radius 1 is 1.36 bits per heavy atom. The maximum Gasteiger partial charge on any atom is 0.521 e. The molecule has 0 aliphatic heterocycles. The van der Waals surface area contributed by atoms with Crippen LogP contribution in [0, 0.1) is 4.91 Å². The lowest BCUT2D eigenvalue weighted by Gasteiger charge is -2.10. The number of hydrogen-bond acceptors (Lipinski definition) is 5. The molecule has 0 aliphatic carbocycles. The fraction of sp³-hybridized carbons (Fsp3) is 0.250. The topological polar surface area (TPSA) is 68.1 Å². The van der Waals surface area contributed by atoms with Crippen LogP contribution in [-0.2, 0) is 0 Å². The first kappa shape index (κ1) is 10.5. The molecule has 0 fully saturated rings. The number of rotatable bonds is 4. The Morgan fingerprint density at radius 2 is 2.07 bits per heavy atom. The van der Waals surface area contributed by atoms with Crippen LogP contribution in [0.25, 0.3) is 0 Å². The number of benzene rings is 1. The van der Waals surface area contributed by atoms with Crippen molar-refractivity contribution >= 4 is 12.5 Å². The van der Waals surface area contributed by atoms with E-state index in [-0.39, 0.29) is 0 Å². The zero-order chi connectivity index (χ0) is 10.6. The lowest BCUT2D eigenvalue weighted by atomic mass is 9.75. The molecule has 1 rings (SSSR count). The van der Waals surface area contributed by atoms with E-state index in [1.54, 1.807) is 18.2 Å². The summed E-state index contributed by atoms with van der Waals surface area (Å²) in [6.45, 7) is 0. The van der Waals surface area contributed by atoms with Gasteiger partial charge in [0.1, 0.15) is 0 Å². The highest BCUT2D eigenvalue weighted by molar-refractivity contribution is 6.65. The quantitative estimate of drug-likeness (QED) is 0.548. The molecule has 0 heterocycles. The minimum absolute atomic E-state index is 0.293. The second-order valence-corrected chi connectivity index (χ2v) is 2.56. The van der Waals surface area contributed by atoms with Gasteiger partial charge in [0.2, 0.25) is 0 Å². The lowest BCUT2D eigenvalue weighted by molar-refractivity contribution is 0.356. The van der Waals surface area contributed by atoms with Gasteiger partial charge >= 0.3 is 7.05 Å². The standard InChI is InChI=1S/C8H10BNO4/c1-13-7-5-3-4-6(8(7)14-2)9(11)10-12/h3-5,11H,1-2H3. The molecule has 0 spiro atoms. The largest absolute Gasteiger partial charge is 0.521 e. The monoisotopic (exact) mass is 195 g/mol. The van der Waals surface area contributed by atoms with Crippen molar-refractivity contribution in [1.82, 2.24) is 0 Å². The Labute approximate surface area is 81.8 Å². The van der Waals surface area contributed by atoms with E-state index in [1.807, 2.05) is 0 Å². The summed E-state index contributed by atoms with van der Waals surface area (Å²) in [5, 5.41) is 11.8. The predicted octanol–water partition coefficient (Wildman–Crippen LogP) is 0.158. The van der Waals surface area contributed by atoms with Crippen LogP contribution in [0.1, 0.15) is 0 Å². The normalized spacial score (nSPS) is 9.36. The number of hydrogen-bond donors (Lipinski definition) is 1. The fourth-order valence-corrected chi connectivity index (χ4v) is 1.17. The van der Waals surface area contributed by atoms with Crippen molar-refractivity contribution in [3.05, 3.63) is 23.1 Å². The number of methoxy groups -OCH3 is 2. The smallest absolute Gasteiger partial charge is 0.493 e. The lowest BCUT2D eigenvalue weighted by Crippen LogP contribution is -2.29. The summed E-state index contributed by atoms with van der Waals surface area (Å²) < 4.78 is 10.00. The summed E-state index contributed by atoms with van der Waals surface area (Å²) in [6, 6.07) is 4.86. The molecule has 0 aliphatic rings. The molecule has 74 valence electrons. The van der Waals surface area contributed by atoms with Gasteiger partial charge in [0.15, 0.2) is 11.5 Å². The van der Waals surface area contributed by atoms with E-state index in [0.29, 0.717) is 17.0 Å². The van der Waals surface area contributed by atoms with Crippen LogP contribution in [0.5, 0.6) is 11.5 Å². The molecule has 0 aromatic heterocycles. The van der Waals surface area contributed by atoms with E-state index in [4.69, 9.17) is 9.47 Å². The number of para-hydroxylation sites is 1. The number of nitrogens with zero attached hydrogens (tertiary/aromatic N) is 1. The van der Waals surface area contributed by atoms with E-state index in [1.165, 1.54) is 14.2 Å².